The number of allylic oxidation sites excluding steroid dienone is 1. The lowest BCUT2D eigenvalue weighted by Gasteiger charge is -1.96. The molecule has 0 heterocycles. The van der Waals surface area contributed by atoms with Gasteiger partial charge in [0.25, 0.3) is 0 Å². The number of hydrogen-bond acceptors (Lipinski definition) is 1. The molecular weight excluding hydrogens is 212 g/mol. The first-order valence-corrected chi connectivity index (χ1v) is 5.26. The van der Waals surface area contributed by atoms with Gasteiger partial charge in [-0.15, -0.1) is 0 Å². The average molecular weight is 230 g/mol. The maximum Gasteiger partial charge on any atom is 0.330 e. The van der Waals surface area contributed by atoms with Crippen LogP contribution in [0.1, 0.15) is 25.0 Å². The van der Waals surface area contributed by atoms with E-state index in [9.17, 15) is 4.79 Å². The van der Waals surface area contributed by atoms with Crippen molar-refractivity contribution in [2.75, 3.05) is 0 Å². The lowest BCUT2D eigenvalue weighted by molar-refractivity contribution is -0.132. The normalized spacial score (nSPS) is 9.88. The Morgan fingerprint density at radius 3 is 1.76 bits per heavy atom. The van der Waals surface area contributed by atoms with Crippen LogP contribution in [0, 0.1) is 0 Å². The molecule has 2 nitrogen and oxygen atoms in total. The highest BCUT2D eigenvalue weighted by Gasteiger charge is 1.93. The Kier molecular flexibility index (Phi) is 7.11. The van der Waals surface area contributed by atoms with Crippen molar-refractivity contribution in [2.45, 2.75) is 13.8 Å². The van der Waals surface area contributed by atoms with E-state index in [0.29, 0.717) is 5.57 Å². The van der Waals surface area contributed by atoms with Gasteiger partial charge in [-0.25, -0.2) is 4.79 Å². The van der Waals surface area contributed by atoms with Crippen LogP contribution < -0.4 is 0 Å². The van der Waals surface area contributed by atoms with E-state index >= 15 is 0 Å². The molecule has 0 aliphatic carbocycles. The molecule has 0 aliphatic rings. The lowest BCUT2D eigenvalue weighted by Crippen LogP contribution is -1.93. The van der Waals surface area contributed by atoms with E-state index < -0.39 is 5.97 Å². The zero-order valence-electron chi connectivity index (χ0n) is 10.3. The Labute approximate surface area is 103 Å². The van der Waals surface area contributed by atoms with Crippen molar-refractivity contribution in [3.8, 4) is 0 Å². The predicted molar refractivity (Wildman–Crippen MR) is 73.7 cm³/mol. The minimum atomic E-state index is -0.845. The summed E-state index contributed by atoms with van der Waals surface area (Å²) in [6, 6.07) is 8.02. The van der Waals surface area contributed by atoms with Crippen molar-refractivity contribution in [3.05, 3.63) is 60.2 Å². The van der Waals surface area contributed by atoms with Crippen LogP contribution in [0.25, 0.3) is 12.2 Å². The molecule has 0 saturated carbocycles. The first-order valence-electron chi connectivity index (χ1n) is 5.26. The summed E-state index contributed by atoms with van der Waals surface area (Å²) in [5.74, 6) is -0.845. The van der Waals surface area contributed by atoms with Gasteiger partial charge in [0.2, 0.25) is 0 Å². The number of carboxylic acid groups (broad SMARTS) is 1. The highest BCUT2D eigenvalue weighted by atomic mass is 16.4. The minimum absolute atomic E-state index is 0.389. The number of benzene rings is 1. The van der Waals surface area contributed by atoms with Crippen molar-refractivity contribution in [1.29, 1.82) is 0 Å². The summed E-state index contributed by atoms with van der Waals surface area (Å²) < 4.78 is 0. The molecule has 1 rings (SSSR count). The summed E-state index contributed by atoms with van der Waals surface area (Å²) in [6.45, 7) is 10.6. The molecule has 0 radical (unpaired) electrons. The number of carbonyl (C=O) groups is 1. The Hall–Kier alpha value is -2.09. The van der Waals surface area contributed by atoms with Crippen molar-refractivity contribution in [1.82, 2.24) is 0 Å². The van der Waals surface area contributed by atoms with E-state index in [4.69, 9.17) is 5.11 Å². The Bertz CT molecular complexity index is 401. The zero-order chi connectivity index (χ0) is 13.3. The third-order valence-corrected chi connectivity index (χ3v) is 2.21. The van der Waals surface area contributed by atoms with Crippen LogP contribution in [0.5, 0.6) is 0 Å². The summed E-state index contributed by atoms with van der Waals surface area (Å²) in [5, 5.41) is 8.11. The average Bonchev–Trinajstić information content (AvgIpc) is 2.38. The van der Waals surface area contributed by atoms with Crippen LogP contribution in [0.4, 0.5) is 0 Å². The second kappa shape index (κ2) is 8.11. The van der Waals surface area contributed by atoms with E-state index in [0.717, 1.165) is 11.1 Å². The van der Waals surface area contributed by atoms with Crippen molar-refractivity contribution in [2.24, 2.45) is 0 Å². The van der Waals surface area contributed by atoms with Gasteiger partial charge in [-0.2, -0.15) is 0 Å². The highest BCUT2D eigenvalue weighted by molar-refractivity contribution is 5.85. The topological polar surface area (TPSA) is 37.3 Å². The highest BCUT2D eigenvalue weighted by Crippen LogP contribution is 2.10. The predicted octanol–water partition coefficient (Wildman–Crippen LogP) is 4.01. The summed E-state index contributed by atoms with van der Waals surface area (Å²) in [4.78, 5) is 9.86. The quantitative estimate of drug-likeness (QED) is 0.796. The third-order valence-electron chi connectivity index (χ3n) is 2.21. The molecule has 90 valence electrons. The van der Waals surface area contributed by atoms with E-state index in [1.807, 2.05) is 36.4 Å². The molecular formula is C15H18O2. The molecule has 0 saturated heterocycles. The van der Waals surface area contributed by atoms with E-state index in [2.05, 4.69) is 13.2 Å². The zero-order valence-corrected chi connectivity index (χ0v) is 10.3. The van der Waals surface area contributed by atoms with Gasteiger partial charge in [-0.3, -0.25) is 0 Å². The third kappa shape index (κ3) is 5.52. The smallest absolute Gasteiger partial charge is 0.330 e. The first-order chi connectivity index (χ1) is 8.06. The standard InChI is InChI=1S/C10H10.C5H8O2/c1-3-9-7-5-6-8-10(9)4-2;1-3-4(2)5(6)7/h3-8H,1-2H2;3H,1-2H3,(H,6,7)/b;4-3+. The molecule has 1 aromatic carbocycles. The molecule has 0 aliphatic heterocycles. The number of rotatable bonds is 3. The summed E-state index contributed by atoms with van der Waals surface area (Å²) in [6.07, 6.45) is 5.22. The van der Waals surface area contributed by atoms with Crippen LogP contribution >= 0.6 is 0 Å². The second-order valence-electron chi connectivity index (χ2n) is 3.31. The molecule has 1 aromatic rings. The Morgan fingerprint density at radius 1 is 1.18 bits per heavy atom. The van der Waals surface area contributed by atoms with Crippen LogP contribution in [0.2, 0.25) is 0 Å². The first kappa shape index (κ1) is 14.9. The van der Waals surface area contributed by atoms with Gasteiger partial charge in [0.15, 0.2) is 0 Å². The fourth-order valence-electron chi connectivity index (χ4n) is 1.01. The molecule has 0 amide bonds. The van der Waals surface area contributed by atoms with E-state index in [1.165, 1.54) is 0 Å². The molecule has 0 fully saturated rings. The summed E-state index contributed by atoms with van der Waals surface area (Å²) in [5.41, 5.74) is 2.66. The van der Waals surface area contributed by atoms with Gasteiger partial charge in [-0.05, 0) is 25.0 Å². The maximum absolute atomic E-state index is 9.86. The van der Waals surface area contributed by atoms with Crippen LogP contribution in [-0.4, -0.2) is 11.1 Å². The van der Waals surface area contributed by atoms with Gasteiger partial charge in [0, 0.05) is 5.57 Å². The molecule has 0 aromatic heterocycles. The molecule has 17 heavy (non-hydrogen) atoms. The maximum atomic E-state index is 9.86. The van der Waals surface area contributed by atoms with Crippen molar-refractivity contribution in [3.63, 3.8) is 0 Å². The Balaban J connectivity index is 0.000000325. The number of hydrogen-bond donors (Lipinski definition) is 1. The van der Waals surface area contributed by atoms with Gasteiger partial charge in [-0.1, -0.05) is 55.7 Å². The molecule has 1 N–H and O–H groups in total. The van der Waals surface area contributed by atoms with Crippen molar-refractivity contribution >= 4 is 18.1 Å². The summed E-state index contributed by atoms with van der Waals surface area (Å²) >= 11 is 0. The molecule has 0 spiro atoms. The van der Waals surface area contributed by atoms with Crippen LogP contribution in [0.15, 0.2) is 49.1 Å². The van der Waals surface area contributed by atoms with Crippen LogP contribution in [0.3, 0.4) is 0 Å². The molecule has 2 heteroatoms. The fourth-order valence-corrected chi connectivity index (χ4v) is 1.01. The number of carboxylic acids is 1. The van der Waals surface area contributed by atoms with Gasteiger partial charge < -0.3 is 5.11 Å². The Morgan fingerprint density at radius 2 is 1.59 bits per heavy atom. The van der Waals surface area contributed by atoms with Gasteiger partial charge in [0.1, 0.15) is 0 Å². The van der Waals surface area contributed by atoms with E-state index in [-0.39, 0.29) is 0 Å². The minimum Gasteiger partial charge on any atom is -0.478 e. The van der Waals surface area contributed by atoms with Crippen molar-refractivity contribution < 1.29 is 9.90 Å². The molecule has 0 atom stereocenters. The summed E-state index contributed by atoms with van der Waals surface area (Å²) in [7, 11) is 0. The largest absolute Gasteiger partial charge is 0.478 e. The molecule has 0 unspecified atom stereocenters. The number of aliphatic carboxylic acids is 1. The molecule has 0 bridgehead atoms. The lowest BCUT2D eigenvalue weighted by atomic mass is 10.1. The monoisotopic (exact) mass is 230 g/mol. The second-order valence-corrected chi connectivity index (χ2v) is 3.31. The SMILES string of the molecule is C/C=C(\C)C(=O)O.C=Cc1ccccc1C=C. The van der Waals surface area contributed by atoms with Gasteiger partial charge in [0.05, 0.1) is 0 Å². The van der Waals surface area contributed by atoms with Gasteiger partial charge >= 0.3 is 5.97 Å². The van der Waals surface area contributed by atoms with Crippen LogP contribution in [-0.2, 0) is 4.79 Å². The van der Waals surface area contributed by atoms with E-state index in [1.54, 1.807) is 19.9 Å². The fraction of sp³-hybridized carbons (Fsp3) is 0.133.